The maximum Gasteiger partial charge on any atom is 0.287 e. The van der Waals surface area contributed by atoms with E-state index in [1.54, 1.807) is 0 Å². The van der Waals surface area contributed by atoms with E-state index in [1.165, 1.54) is 19.2 Å². The molecule has 0 bridgehead atoms. The smallest absolute Gasteiger partial charge is 0.287 e. The summed E-state index contributed by atoms with van der Waals surface area (Å²) in [6.07, 6.45) is 0. The van der Waals surface area contributed by atoms with Gasteiger partial charge in [0, 0.05) is 12.6 Å². The van der Waals surface area contributed by atoms with E-state index in [4.69, 9.17) is 4.42 Å². The second-order valence-corrected chi connectivity index (χ2v) is 7.39. The molecule has 7 nitrogen and oxygen atoms in total. The van der Waals surface area contributed by atoms with Crippen LogP contribution in [0.25, 0.3) is 0 Å². The molecule has 2 N–H and O–H groups in total. The molecule has 0 aliphatic rings. The molecule has 0 radical (unpaired) electrons. The fourth-order valence-corrected chi connectivity index (χ4v) is 3.10. The Labute approximate surface area is 138 Å². The Bertz CT molecular complexity index is 606. The zero-order chi connectivity index (χ0) is 17.6. The first kappa shape index (κ1) is 19.7. The van der Waals surface area contributed by atoms with Gasteiger partial charge in [-0.1, -0.05) is 27.7 Å². The summed E-state index contributed by atoms with van der Waals surface area (Å²) >= 11 is 0. The highest BCUT2D eigenvalue weighted by Crippen LogP contribution is 2.14. The number of carbonyl (C=O) groups excluding carboxylic acids is 1. The Morgan fingerprint density at radius 1 is 1.26 bits per heavy atom. The van der Waals surface area contributed by atoms with Crippen LogP contribution in [0.1, 0.15) is 38.2 Å². The van der Waals surface area contributed by atoms with E-state index in [-0.39, 0.29) is 16.9 Å². The van der Waals surface area contributed by atoms with Crippen molar-refractivity contribution < 1.29 is 17.6 Å². The summed E-state index contributed by atoms with van der Waals surface area (Å²) in [5.74, 6) is -0.0479. The highest BCUT2D eigenvalue weighted by Gasteiger charge is 2.23. The lowest BCUT2D eigenvalue weighted by molar-refractivity contribution is 0.0888. The zero-order valence-corrected chi connectivity index (χ0v) is 15.2. The summed E-state index contributed by atoms with van der Waals surface area (Å²) in [4.78, 5) is 14.4. The third-order valence-electron chi connectivity index (χ3n) is 3.86. The quantitative estimate of drug-likeness (QED) is 0.703. The van der Waals surface area contributed by atoms with Crippen LogP contribution in [0, 0.1) is 5.92 Å². The molecule has 0 aromatic carbocycles. The Hall–Kier alpha value is -1.38. The van der Waals surface area contributed by atoms with E-state index in [0.717, 1.165) is 13.1 Å². The van der Waals surface area contributed by atoms with E-state index >= 15 is 0 Å². The number of rotatable bonds is 9. The summed E-state index contributed by atoms with van der Waals surface area (Å²) in [6.45, 7) is 10.7. The van der Waals surface area contributed by atoms with Crippen molar-refractivity contribution in [1.29, 1.82) is 0 Å². The molecule has 132 valence electrons. The van der Waals surface area contributed by atoms with E-state index in [0.29, 0.717) is 12.5 Å². The van der Waals surface area contributed by atoms with Crippen molar-refractivity contribution in [2.45, 2.75) is 38.8 Å². The van der Waals surface area contributed by atoms with Gasteiger partial charge in [-0.15, -0.1) is 0 Å². The van der Waals surface area contributed by atoms with E-state index < -0.39 is 15.9 Å². The van der Waals surface area contributed by atoms with Crippen molar-refractivity contribution in [2.24, 2.45) is 5.92 Å². The first-order valence-corrected chi connectivity index (χ1v) is 9.30. The molecule has 0 aliphatic carbocycles. The summed E-state index contributed by atoms with van der Waals surface area (Å²) in [5, 5.41) is 2.55. The van der Waals surface area contributed by atoms with Gasteiger partial charge in [-0.3, -0.25) is 9.69 Å². The zero-order valence-electron chi connectivity index (χ0n) is 14.4. The van der Waals surface area contributed by atoms with Crippen LogP contribution in [0.5, 0.6) is 0 Å². The number of amides is 1. The predicted octanol–water partition coefficient (Wildman–Crippen LogP) is 1.28. The third kappa shape index (κ3) is 5.05. The van der Waals surface area contributed by atoms with Gasteiger partial charge in [-0.2, -0.15) is 0 Å². The van der Waals surface area contributed by atoms with Gasteiger partial charge in [0.15, 0.2) is 5.76 Å². The Kier molecular flexibility index (Phi) is 7.24. The van der Waals surface area contributed by atoms with Crippen LogP contribution < -0.4 is 10.0 Å². The molecule has 1 aromatic rings. The van der Waals surface area contributed by atoms with Crippen LogP contribution in [0.15, 0.2) is 21.6 Å². The van der Waals surface area contributed by atoms with Gasteiger partial charge in [0.25, 0.3) is 15.9 Å². The molecule has 1 atom stereocenters. The first-order valence-electron chi connectivity index (χ1n) is 7.82. The van der Waals surface area contributed by atoms with Gasteiger partial charge < -0.3 is 9.73 Å². The number of hydrogen-bond donors (Lipinski definition) is 2. The summed E-state index contributed by atoms with van der Waals surface area (Å²) in [7, 11) is -2.40. The van der Waals surface area contributed by atoms with Gasteiger partial charge in [-0.25, -0.2) is 13.1 Å². The van der Waals surface area contributed by atoms with Crippen LogP contribution in [-0.4, -0.2) is 51.9 Å². The second-order valence-electron chi connectivity index (χ2n) is 5.57. The summed E-state index contributed by atoms with van der Waals surface area (Å²) in [5.41, 5.74) is 0. The van der Waals surface area contributed by atoms with Crippen LogP contribution in [0.3, 0.4) is 0 Å². The monoisotopic (exact) mass is 345 g/mol. The number of carbonyl (C=O) groups is 1. The molecule has 1 amide bonds. The predicted molar refractivity (Wildman–Crippen MR) is 88.8 cm³/mol. The lowest BCUT2D eigenvalue weighted by Crippen LogP contribution is -2.46. The molecular weight excluding hydrogens is 318 g/mol. The maximum absolute atomic E-state index is 12.2. The molecule has 1 aromatic heterocycles. The molecule has 1 rings (SSSR count). The Morgan fingerprint density at radius 2 is 1.87 bits per heavy atom. The topological polar surface area (TPSA) is 91.7 Å². The fourth-order valence-electron chi connectivity index (χ4n) is 2.45. The number of likely N-dealkylation sites (N-methyl/N-ethyl adjacent to an activating group) is 1. The van der Waals surface area contributed by atoms with E-state index in [1.807, 2.05) is 0 Å². The largest absolute Gasteiger partial charge is 0.438 e. The molecule has 23 heavy (non-hydrogen) atoms. The molecule has 1 heterocycles. The lowest BCUT2D eigenvalue weighted by Gasteiger charge is -2.32. The number of hydrogen-bond acceptors (Lipinski definition) is 5. The average molecular weight is 345 g/mol. The summed E-state index contributed by atoms with van der Waals surface area (Å²) in [6, 6.07) is 2.84. The number of sulfonamides is 1. The molecule has 0 spiro atoms. The number of furan rings is 1. The fraction of sp³-hybridized carbons (Fsp3) is 0.667. The van der Waals surface area contributed by atoms with Gasteiger partial charge in [0.2, 0.25) is 5.09 Å². The van der Waals surface area contributed by atoms with Crippen LogP contribution >= 0.6 is 0 Å². The van der Waals surface area contributed by atoms with Gasteiger partial charge in [-0.05, 0) is 38.2 Å². The van der Waals surface area contributed by atoms with Crippen LogP contribution in [0.4, 0.5) is 0 Å². The Balaban J connectivity index is 2.76. The standard InChI is InChI=1S/C15H27N3O4S/c1-6-18(7-2)12(11(3)4)10-17-15(19)13-8-9-14(22-13)23(20,21)16-5/h8-9,11-12,16H,6-7,10H2,1-5H3,(H,17,19)/t12-/m1/s1. The van der Waals surface area contributed by atoms with Crippen molar-refractivity contribution in [1.82, 2.24) is 14.9 Å². The van der Waals surface area contributed by atoms with E-state index in [2.05, 4.69) is 42.6 Å². The van der Waals surface area contributed by atoms with Crippen LogP contribution in [-0.2, 0) is 10.0 Å². The minimum Gasteiger partial charge on any atom is -0.438 e. The van der Waals surface area contributed by atoms with Crippen molar-refractivity contribution in [2.75, 3.05) is 26.7 Å². The van der Waals surface area contributed by atoms with Crippen molar-refractivity contribution in [3.8, 4) is 0 Å². The molecular formula is C15H27N3O4S. The van der Waals surface area contributed by atoms with Gasteiger partial charge in [0.05, 0.1) is 0 Å². The minimum absolute atomic E-state index is 0.0131. The van der Waals surface area contributed by atoms with Gasteiger partial charge in [0.1, 0.15) is 0 Å². The van der Waals surface area contributed by atoms with E-state index in [9.17, 15) is 13.2 Å². The molecule has 0 aliphatic heterocycles. The van der Waals surface area contributed by atoms with Crippen molar-refractivity contribution in [3.63, 3.8) is 0 Å². The highest BCUT2D eigenvalue weighted by molar-refractivity contribution is 7.89. The van der Waals surface area contributed by atoms with Crippen LogP contribution in [0.2, 0.25) is 0 Å². The highest BCUT2D eigenvalue weighted by atomic mass is 32.2. The third-order valence-corrected chi connectivity index (χ3v) is 5.15. The summed E-state index contributed by atoms with van der Waals surface area (Å²) < 4.78 is 30.5. The Morgan fingerprint density at radius 3 is 2.35 bits per heavy atom. The second kappa shape index (κ2) is 8.47. The first-order chi connectivity index (χ1) is 10.8. The average Bonchev–Trinajstić information content (AvgIpc) is 3.01. The van der Waals surface area contributed by atoms with Crippen molar-refractivity contribution in [3.05, 3.63) is 17.9 Å². The normalized spacial score (nSPS) is 13.5. The number of nitrogens with one attached hydrogen (secondary N) is 2. The molecule has 0 saturated carbocycles. The lowest BCUT2D eigenvalue weighted by atomic mass is 10.0. The molecule has 8 heteroatoms. The van der Waals surface area contributed by atoms with Gasteiger partial charge >= 0.3 is 0 Å². The maximum atomic E-state index is 12.2. The SMILES string of the molecule is CCN(CC)[C@H](CNC(=O)c1ccc(S(=O)(=O)NC)o1)C(C)C. The molecule has 0 fully saturated rings. The molecule has 0 unspecified atom stereocenters. The minimum atomic E-state index is -3.68. The molecule has 0 saturated heterocycles. The van der Waals surface area contributed by atoms with Crippen molar-refractivity contribution >= 4 is 15.9 Å². The number of nitrogens with zero attached hydrogens (tertiary/aromatic N) is 1.